The monoisotopic (exact) mass is 158 g/mol. The first kappa shape index (κ1) is 8.00. The third kappa shape index (κ3) is 1.91. The number of aliphatic hydroxyl groups excluding tert-OH is 1. The van der Waals surface area contributed by atoms with Crippen molar-refractivity contribution in [3.63, 3.8) is 0 Å². The van der Waals surface area contributed by atoms with Crippen LogP contribution in [0.15, 0.2) is 4.52 Å². The number of hydrogen-bond acceptors (Lipinski definition) is 5. The summed E-state index contributed by atoms with van der Waals surface area (Å²) in [5.74, 6) is 0.244. The van der Waals surface area contributed by atoms with Crippen LogP contribution in [0.5, 0.6) is 6.08 Å². The van der Waals surface area contributed by atoms with Gasteiger partial charge in [0.2, 0.25) is 5.82 Å². The van der Waals surface area contributed by atoms with Crippen LogP contribution in [0, 0.1) is 0 Å². The molecule has 5 nitrogen and oxygen atoms in total. The summed E-state index contributed by atoms with van der Waals surface area (Å²) in [6.07, 6.45) is -0.614. The molecule has 11 heavy (non-hydrogen) atoms. The van der Waals surface area contributed by atoms with E-state index in [0.717, 1.165) is 0 Å². The molecule has 1 N–H and O–H groups in total. The van der Waals surface area contributed by atoms with E-state index in [1.54, 1.807) is 6.92 Å². The Balaban J connectivity index is 2.66. The van der Waals surface area contributed by atoms with Crippen molar-refractivity contribution in [1.29, 1.82) is 0 Å². The summed E-state index contributed by atoms with van der Waals surface area (Å²) >= 11 is 0. The molecule has 1 aromatic rings. The van der Waals surface area contributed by atoms with Crippen molar-refractivity contribution in [2.24, 2.45) is 0 Å². The summed E-state index contributed by atoms with van der Waals surface area (Å²) in [6.45, 7) is 3.84. The van der Waals surface area contributed by atoms with Gasteiger partial charge in [0.1, 0.15) is 6.10 Å². The van der Waals surface area contributed by atoms with E-state index >= 15 is 0 Å². The number of ether oxygens (including phenoxy) is 1. The number of nitrogens with zero attached hydrogens (tertiary/aromatic N) is 2. The Labute approximate surface area is 64.0 Å². The second-order valence-corrected chi connectivity index (χ2v) is 2.03. The van der Waals surface area contributed by atoms with Gasteiger partial charge in [0, 0.05) is 0 Å². The van der Waals surface area contributed by atoms with Gasteiger partial charge in [-0.1, -0.05) is 5.16 Å². The Morgan fingerprint density at radius 2 is 2.45 bits per heavy atom. The summed E-state index contributed by atoms with van der Waals surface area (Å²) in [6, 6.07) is 0. The van der Waals surface area contributed by atoms with Gasteiger partial charge in [-0.05, 0) is 13.8 Å². The minimum atomic E-state index is -0.715. The average molecular weight is 158 g/mol. The van der Waals surface area contributed by atoms with Crippen LogP contribution < -0.4 is 4.74 Å². The molecule has 0 aliphatic carbocycles. The van der Waals surface area contributed by atoms with E-state index in [0.29, 0.717) is 6.61 Å². The van der Waals surface area contributed by atoms with Crippen molar-refractivity contribution in [1.82, 2.24) is 10.1 Å². The van der Waals surface area contributed by atoms with Crippen LogP contribution in [-0.2, 0) is 0 Å². The minimum absolute atomic E-state index is 0.100. The lowest BCUT2D eigenvalue weighted by molar-refractivity contribution is 0.182. The molecule has 0 saturated carbocycles. The maximum atomic E-state index is 8.96. The van der Waals surface area contributed by atoms with E-state index < -0.39 is 6.10 Å². The molecule has 1 aromatic heterocycles. The number of rotatable bonds is 3. The molecule has 62 valence electrons. The van der Waals surface area contributed by atoms with E-state index in [-0.39, 0.29) is 11.9 Å². The summed E-state index contributed by atoms with van der Waals surface area (Å²) in [7, 11) is 0. The van der Waals surface area contributed by atoms with Gasteiger partial charge in [-0.25, -0.2) is 0 Å². The SMILES string of the molecule is CCOc1nc(C(C)O)no1. The van der Waals surface area contributed by atoms with E-state index in [4.69, 9.17) is 9.84 Å². The molecule has 1 rings (SSSR count). The fourth-order valence-electron chi connectivity index (χ4n) is 0.572. The number of aliphatic hydroxyl groups is 1. The Hall–Kier alpha value is -1.10. The number of aromatic nitrogens is 2. The van der Waals surface area contributed by atoms with Crippen molar-refractivity contribution < 1.29 is 14.4 Å². The lowest BCUT2D eigenvalue weighted by Crippen LogP contribution is -1.94. The van der Waals surface area contributed by atoms with Gasteiger partial charge in [-0.2, -0.15) is 4.98 Å². The zero-order valence-corrected chi connectivity index (χ0v) is 6.44. The first-order valence-electron chi connectivity index (χ1n) is 3.38. The van der Waals surface area contributed by atoms with Gasteiger partial charge in [-0.3, -0.25) is 4.52 Å². The normalized spacial score (nSPS) is 13.0. The van der Waals surface area contributed by atoms with Crippen LogP contribution in [-0.4, -0.2) is 21.9 Å². The second-order valence-electron chi connectivity index (χ2n) is 2.03. The molecule has 1 heterocycles. The smallest absolute Gasteiger partial charge is 0.417 e. The molecule has 1 atom stereocenters. The third-order valence-corrected chi connectivity index (χ3v) is 1.06. The summed E-state index contributed by atoms with van der Waals surface area (Å²) in [4.78, 5) is 3.75. The molecule has 0 fully saturated rings. The number of hydrogen-bond donors (Lipinski definition) is 1. The first-order chi connectivity index (χ1) is 5.24. The zero-order chi connectivity index (χ0) is 8.27. The highest BCUT2D eigenvalue weighted by molar-refractivity contribution is 4.92. The highest BCUT2D eigenvalue weighted by Gasteiger charge is 2.10. The average Bonchev–Trinajstić information content (AvgIpc) is 2.37. The van der Waals surface area contributed by atoms with E-state index in [2.05, 4.69) is 14.7 Å². The predicted molar refractivity (Wildman–Crippen MR) is 36.1 cm³/mol. The van der Waals surface area contributed by atoms with Crippen LogP contribution in [0.3, 0.4) is 0 Å². The van der Waals surface area contributed by atoms with Crippen molar-refractivity contribution in [2.75, 3.05) is 6.61 Å². The standard InChI is InChI=1S/C6H10N2O3/c1-3-10-6-7-5(4(2)9)8-11-6/h4,9H,3H2,1-2H3. The van der Waals surface area contributed by atoms with E-state index in [9.17, 15) is 0 Å². The quantitative estimate of drug-likeness (QED) is 0.694. The van der Waals surface area contributed by atoms with Crippen molar-refractivity contribution >= 4 is 0 Å². The molecule has 0 spiro atoms. The Morgan fingerprint density at radius 3 is 2.91 bits per heavy atom. The van der Waals surface area contributed by atoms with E-state index in [1.807, 2.05) is 6.92 Å². The Bertz CT molecular complexity index is 221. The summed E-state index contributed by atoms with van der Waals surface area (Å²) in [5, 5.41) is 12.4. The molecule has 0 aliphatic heterocycles. The highest BCUT2D eigenvalue weighted by atomic mass is 16.6. The van der Waals surface area contributed by atoms with Crippen molar-refractivity contribution in [3.8, 4) is 6.08 Å². The second kappa shape index (κ2) is 3.34. The Kier molecular flexibility index (Phi) is 2.43. The van der Waals surface area contributed by atoms with Gasteiger partial charge < -0.3 is 9.84 Å². The summed E-state index contributed by atoms with van der Waals surface area (Å²) < 4.78 is 9.51. The van der Waals surface area contributed by atoms with Crippen LogP contribution >= 0.6 is 0 Å². The van der Waals surface area contributed by atoms with Crippen LogP contribution in [0.1, 0.15) is 25.8 Å². The van der Waals surface area contributed by atoms with Gasteiger partial charge in [0.05, 0.1) is 6.61 Å². The fourth-order valence-corrected chi connectivity index (χ4v) is 0.572. The van der Waals surface area contributed by atoms with Crippen molar-refractivity contribution in [3.05, 3.63) is 5.82 Å². The zero-order valence-electron chi connectivity index (χ0n) is 6.44. The third-order valence-electron chi connectivity index (χ3n) is 1.06. The van der Waals surface area contributed by atoms with E-state index in [1.165, 1.54) is 0 Å². The molecule has 0 bridgehead atoms. The first-order valence-corrected chi connectivity index (χ1v) is 3.38. The molecule has 5 heteroatoms. The lowest BCUT2D eigenvalue weighted by Gasteiger charge is -1.92. The van der Waals surface area contributed by atoms with Crippen LogP contribution in [0.2, 0.25) is 0 Å². The predicted octanol–water partition coefficient (Wildman–Crippen LogP) is 0.522. The molecule has 0 aromatic carbocycles. The van der Waals surface area contributed by atoms with Crippen LogP contribution in [0.25, 0.3) is 0 Å². The summed E-state index contributed by atoms with van der Waals surface area (Å²) in [5.41, 5.74) is 0. The largest absolute Gasteiger partial charge is 0.449 e. The molecule has 1 unspecified atom stereocenters. The molecule has 0 amide bonds. The Morgan fingerprint density at radius 1 is 1.73 bits per heavy atom. The van der Waals surface area contributed by atoms with Gasteiger partial charge in [-0.15, -0.1) is 0 Å². The minimum Gasteiger partial charge on any atom is -0.449 e. The molecule has 0 aliphatic rings. The maximum absolute atomic E-state index is 8.96. The molecule has 0 saturated heterocycles. The van der Waals surface area contributed by atoms with Crippen LogP contribution in [0.4, 0.5) is 0 Å². The maximum Gasteiger partial charge on any atom is 0.417 e. The van der Waals surface area contributed by atoms with Gasteiger partial charge >= 0.3 is 6.08 Å². The fraction of sp³-hybridized carbons (Fsp3) is 0.667. The highest BCUT2D eigenvalue weighted by Crippen LogP contribution is 2.11. The lowest BCUT2D eigenvalue weighted by atomic mass is 10.4. The van der Waals surface area contributed by atoms with Crippen molar-refractivity contribution in [2.45, 2.75) is 20.0 Å². The molecule has 0 radical (unpaired) electrons. The topological polar surface area (TPSA) is 68.4 Å². The molecular formula is C6H10N2O3. The van der Waals surface area contributed by atoms with Gasteiger partial charge in [0.15, 0.2) is 0 Å². The van der Waals surface area contributed by atoms with Gasteiger partial charge in [0.25, 0.3) is 0 Å². The molecular weight excluding hydrogens is 148 g/mol.